The predicted octanol–water partition coefficient (Wildman–Crippen LogP) is 3.47. The van der Waals surface area contributed by atoms with Crippen molar-refractivity contribution in [3.05, 3.63) is 29.8 Å². The molecule has 0 aromatic heterocycles. The van der Waals surface area contributed by atoms with Crippen molar-refractivity contribution < 1.29 is 9.47 Å². The van der Waals surface area contributed by atoms with Crippen molar-refractivity contribution in [1.82, 2.24) is 0 Å². The van der Waals surface area contributed by atoms with Crippen LogP contribution in [0.1, 0.15) is 38.5 Å². The van der Waals surface area contributed by atoms with Crippen LogP contribution in [0.15, 0.2) is 34.8 Å². The normalized spacial score (nSPS) is 18.1. The predicted molar refractivity (Wildman–Crippen MR) is 93.3 cm³/mol. The molecule has 0 atom stereocenters. The quantitative estimate of drug-likeness (QED) is 0.507. The zero-order valence-corrected chi connectivity index (χ0v) is 13.5. The van der Waals surface area contributed by atoms with Crippen LogP contribution in [0.5, 0.6) is 11.5 Å². The van der Waals surface area contributed by atoms with Gasteiger partial charge in [0.15, 0.2) is 17.5 Å². The van der Waals surface area contributed by atoms with Gasteiger partial charge in [-0.3, -0.25) is 4.99 Å². The molecule has 1 aromatic carbocycles. The molecule has 3 N–H and O–H groups in total. The number of rotatable bonds is 4. The summed E-state index contributed by atoms with van der Waals surface area (Å²) in [6.07, 6.45) is 9.31. The van der Waals surface area contributed by atoms with E-state index in [9.17, 15) is 0 Å². The Bertz CT molecular complexity index is 596. The standard InChI is InChI=1S/C18H25N3O2/c19-18(20-10-9-14-5-2-1-3-6-14)21-15-7-8-16-17(13-15)23-12-4-11-22-16/h5,7-8,13H,1-4,6,9-12H2,(H3,19,20,21). The highest BCUT2D eigenvalue weighted by atomic mass is 16.5. The number of hydrogen-bond donors (Lipinski definition) is 2. The first-order chi connectivity index (χ1) is 11.3. The molecule has 2 aliphatic rings. The number of guanidine groups is 1. The third-order valence-corrected chi connectivity index (χ3v) is 4.12. The van der Waals surface area contributed by atoms with Gasteiger partial charge in [-0.15, -0.1) is 0 Å². The number of benzene rings is 1. The topological polar surface area (TPSA) is 68.9 Å². The SMILES string of the molecule is NC(=NCCC1=CCCCC1)Nc1ccc2c(c1)OCCCO2. The van der Waals surface area contributed by atoms with Gasteiger partial charge in [0.25, 0.3) is 0 Å². The van der Waals surface area contributed by atoms with E-state index in [-0.39, 0.29) is 0 Å². The Hall–Kier alpha value is -2.17. The third-order valence-electron chi connectivity index (χ3n) is 4.12. The summed E-state index contributed by atoms with van der Waals surface area (Å²) in [6, 6.07) is 5.75. The van der Waals surface area contributed by atoms with Crippen LogP contribution in [0.4, 0.5) is 5.69 Å². The minimum Gasteiger partial charge on any atom is -0.490 e. The Morgan fingerprint density at radius 3 is 2.83 bits per heavy atom. The zero-order valence-electron chi connectivity index (χ0n) is 13.5. The fourth-order valence-corrected chi connectivity index (χ4v) is 2.88. The summed E-state index contributed by atoms with van der Waals surface area (Å²) in [7, 11) is 0. The van der Waals surface area contributed by atoms with E-state index in [1.807, 2.05) is 18.2 Å². The first-order valence-electron chi connectivity index (χ1n) is 8.46. The molecule has 0 radical (unpaired) electrons. The van der Waals surface area contributed by atoms with Crippen LogP contribution in [0.3, 0.4) is 0 Å². The van der Waals surface area contributed by atoms with Crippen molar-refractivity contribution in [1.29, 1.82) is 0 Å². The first-order valence-corrected chi connectivity index (χ1v) is 8.46. The van der Waals surface area contributed by atoms with Gasteiger partial charge in [0.05, 0.1) is 13.2 Å². The van der Waals surface area contributed by atoms with Crippen LogP contribution in [0.25, 0.3) is 0 Å². The molecule has 3 rings (SSSR count). The molecule has 0 spiro atoms. The number of allylic oxidation sites excluding steroid dienone is 1. The molecule has 0 amide bonds. The van der Waals surface area contributed by atoms with E-state index in [0.717, 1.165) is 36.6 Å². The van der Waals surface area contributed by atoms with Crippen LogP contribution < -0.4 is 20.5 Å². The number of hydrogen-bond acceptors (Lipinski definition) is 3. The van der Waals surface area contributed by atoms with E-state index in [2.05, 4.69) is 16.4 Å². The molecule has 1 aromatic rings. The lowest BCUT2D eigenvalue weighted by Gasteiger charge is -2.12. The molecular formula is C18H25N3O2. The van der Waals surface area contributed by atoms with Crippen LogP contribution in [-0.4, -0.2) is 25.7 Å². The molecular weight excluding hydrogens is 290 g/mol. The second-order valence-electron chi connectivity index (χ2n) is 5.96. The number of nitrogens with one attached hydrogen (secondary N) is 1. The van der Waals surface area contributed by atoms with Gasteiger partial charge in [0, 0.05) is 24.7 Å². The fourth-order valence-electron chi connectivity index (χ4n) is 2.88. The van der Waals surface area contributed by atoms with Crippen LogP contribution in [0.2, 0.25) is 0 Å². The Kier molecular flexibility index (Phi) is 5.40. The lowest BCUT2D eigenvalue weighted by atomic mass is 9.97. The monoisotopic (exact) mass is 315 g/mol. The number of aliphatic imine (C=N–C) groups is 1. The number of nitrogens with two attached hydrogens (primary N) is 1. The lowest BCUT2D eigenvalue weighted by Crippen LogP contribution is -2.23. The Balaban J connectivity index is 1.54. The molecule has 0 fully saturated rings. The largest absolute Gasteiger partial charge is 0.490 e. The number of anilines is 1. The Labute approximate surface area is 137 Å². The van der Waals surface area contributed by atoms with E-state index >= 15 is 0 Å². The molecule has 124 valence electrons. The minimum absolute atomic E-state index is 0.441. The van der Waals surface area contributed by atoms with Crippen LogP contribution in [-0.2, 0) is 0 Å². The van der Waals surface area contributed by atoms with Gasteiger partial charge < -0.3 is 20.5 Å². The van der Waals surface area contributed by atoms with E-state index in [0.29, 0.717) is 19.2 Å². The maximum Gasteiger partial charge on any atom is 0.193 e. The average Bonchev–Trinajstić information content (AvgIpc) is 2.81. The summed E-state index contributed by atoms with van der Waals surface area (Å²) in [5.74, 6) is 1.98. The molecule has 1 aliphatic heterocycles. The van der Waals surface area contributed by atoms with Crippen molar-refractivity contribution in [2.24, 2.45) is 10.7 Å². The summed E-state index contributed by atoms with van der Waals surface area (Å²) in [5.41, 5.74) is 8.36. The van der Waals surface area contributed by atoms with Gasteiger partial charge >= 0.3 is 0 Å². The minimum atomic E-state index is 0.441. The maximum absolute atomic E-state index is 5.98. The molecule has 1 aliphatic carbocycles. The molecule has 0 bridgehead atoms. The van der Waals surface area contributed by atoms with E-state index in [1.54, 1.807) is 0 Å². The summed E-state index contributed by atoms with van der Waals surface area (Å²) < 4.78 is 11.3. The smallest absolute Gasteiger partial charge is 0.193 e. The summed E-state index contributed by atoms with van der Waals surface area (Å²) in [4.78, 5) is 4.41. The van der Waals surface area contributed by atoms with Gasteiger partial charge in [-0.2, -0.15) is 0 Å². The highest BCUT2D eigenvalue weighted by molar-refractivity contribution is 5.92. The van der Waals surface area contributed by atoms with E-state index in [1.165, 1.54) is 31.3 Å². The Morgan fingerprint density at radius 1 is 1.13 bits per heavy atom. The summed E-state index contributed by atoms with van der Waals surface area (Å²) in [5, 5.41) is 3.12. The second kappa shape index (κ2) is 7.90. The van der Waals surface area contributed by atoms with Gasteiger partial charge in [-0.1, -0.05) is 11.6 Å². The molecule has 5 nitrogen and oxygen atoms in total. The van der Waals surface area contributed by atoms with E-state index in [4.69, 9.17) is 15.2 Å². The van der Waals surface area contributed by atoms with Crippen LogP contribution >= 0.6 is 0 Å². The van der Waals surface area contributed by atoms with Crippen molar-refractivity contribution in [3.8, 4) is 11.5 Å². The highest BCUT2D eigenvalue weighted by Crippen LogP contribution is 2.32. The summed E-state index contributed by atoms with van der Waals surface area (Å²) >= 11 is 0. The fraction of sp³-hybridized carbons (Fsp3) is 0.500. The number of nitrogens with zero attached hydrogens (tertiary/aromatic N) is 1. The number of fused-ring (bicyclic) bond motifs is 1. The second-order valence-corrected chi connectivity index (χ2v) is 5.96. The molecule has 0 saturated carbocycles. The van der Waals surface area contributed by atoms with Crippen molar-refractivity contribution >= 4 is 11.6 Å². The van der Waals surface area contributed by atoms with Gasteiger partial charge in [0.1, 0.15) is 0 Å². The molecule has 23 heavy (non-hydrogen) atoms. The van der Waals surface area contributed by atoms with Gasteiger partial charge in [-0.05, 0) is 44.2 Å². The van der Waals surface area contributed by atoms with Crippen molar-refractivity contribution in [2.45, 2.75) is 38.5 Å². The number of ether oxygens (including phenoxy) is 2. The van der Waals surface area contributed by atoms with Gasteiger partial charge in [0.2, 0.25) is 0 Å². The molecule has 0 unspecified atom stereocenters. The van der Waals surface area contributed by atoms with Crippen molar-refractivity contribution in [2.75, 3.05) is 25.1 Å². The Morgan fingerprint density at radius 2 is 2.00 bits per heavy atom. The molecule has 5 heteroatoms. The zero-order chi connectivity index (χ0) is 15.9. The molecule has 0 saturated heterocycles. The average molecular weight is 315 g/mol. The van der Waals surface area contributed by atoms with Gasteiger partial charge in [-0.25, -0.2) is 0 Å². The third kappa shape index (κ3) is 4.65. The maximum atomic E-state index is 5.98. The first kappa shape index (κ1) is 15.7. The van der Waals surface area contributed by atoms with Crippen molar-refractivity contribution in [3.63, 3.8) is 0 Å². The summed E-state index contributed by atoms with van der Waals surface area (Å²) in [6.45, 7) is 2.10. The highest BCUT2D eigenvalue weighted by Gasteiger charge is 2.11. The lowest BCUT2D eigenvalue weighted by molar-refractivity contribution is 0.297. The van der Waals surface area contributed by atoms with Crippen LogP contribution in [0, 0.1) is 0 Å². The molecule has 1 heterocycles. The van der Waals surface area contributed by atoms with E-state index < -0.39 is 0 Å².